The monoisotopic (exact) mass is 308 g/mol. The lowest BCUT2D eigenvalue weighted by Gasteiger charge is -2.19. The zero-order chi connectivity index (χ0) is 15.9. The molecule has 0 unspecified atom stereocenters. The summed E-state index contributed by atoms with van der Waals surface area (Å²) >= 11 is 0. The van der Waals surface area contributed by atoms with E-state index in [9.17, 15) is 8.42 Å². The van der Waals surface area contributed by atoms with Crippen molar-refractivity contribution in [1.29, 1.82) is 0 Å². The predicted molar refractivity (Wildman–Crippen MR) is 86.5 cm³/mol. The third-order valence-corrected chi connectivity index (χ3v) is 5.30. The molecule has 21 heavy (non-hydrogen) atoms. The molecule has 0 fully saturated rings. The molecule has 0 spiro atoms. The van der Waals surface area contributed by atoms with Crippen molar-refractivity contribution >= 4 is 10.0 Å². The number of hydrogen-bond acceptors (Lipinski definition) is 3. The fourth-order valence-corrected chi connectivity index (χ4v) is 3.56. The van der Waals surface area contributed by atoms with Crippen LogP contribution in [0.3, 0.4) is 0 Å². The second-order valence-corrected chi connectivity index (χ2v) is 6.64. The van der Waals surface area contributed by atoms with Crippen molar-refractivity contribution in [3.8, 4) is 12.3 Å². The van der Waals surface area contributed by atoms with E-state index in [1.165, 1.54) is 4.31 Å². The van der Waals surface area contributed by atoms with E-state index >= 15 is 0 Å². The number of benzene rings is 1. The smallest absolute Gasteiger partial charge is 0.243 e. The predicted octanol–water partition coefficient (Wildman–Crippen LogP) is 2.00. The molecule has 1 rings (SSSR count). The van der Waals surface area contributed by atoms with Crippen molar-refractivity contribution in [3.63, 3.8) is 0 Å². The van der Waals surface area contributed by atoms with Crippen molar-refractivity contribution < 1.29 is 8.42 Å². The van der Waals surface area contributed by atoms with Gasteiger partial charge in [-0.1, -0.05) is 32.8 Å². The van der Waals surface area contributed by atoms with Crippen LogP contribution in [0.1, 0.15) is 31.9 Å². The summed E-state index contributed by atoms with van der Waals surface area (Å²) in [6, 6.07) is 5.32. The molecular formula is C16H24N2O2S. The lowest BCUT2D eigenvalue weighted by Crippen LogP contribution is -2.31. The highest BCUT2D eigenvalue weighted by atomic mass is 32.2. The average molecular weight is 308 g/mol. The fraction of sp³-hybridized carbons (Fsp3) is 0.500. The van der Waals surface area contributed by atoms with E-state index in [0.717, 1.165) is 24.1 Å². The van der Waals surface area contributed by atoms with Crippen molar-refractivity contribution in [3.05, 3.63) is 29.3 Å². The van der Waals surface area contributed by atoms with Gasteiger partial charge < -0.3 is 5.32 Å². The van der Waals surface area contributed by atoms with Crippen LogP contribution >= 0.6 is 0 Å². The molecule has 0 aromatic heterocycles. The maximum Gasteiger partial charge on any atom is 0.243 e. The summed E-state index contributed by atoms with van der Waals surface area (Å²) in [6.07, 6.45) is 6.13. The molecule has 0 aliphatic heterocycles. The lowest BCUT2D eigenvalue weighted by molar-refractivity contribution is 0.464. The van der Waals surface area contributed by atoms with Crippen molar-refractivity contribution in [2.45, 2.75) is 38.6 Å². The first-order chi connectivity index (χ1) is 10.0. The maximum absolute atomic E-state index is 12.6. The SMILES string of the molecule is C#CCN(CC)S(=O)(=O)c1ccc(CC)c(CNCC)c1. The number of sulfonamides is 1. The Morgan fingerprint density at radius 1 is 1.24 bits per heavy atom. The molecule has 0 saturated heterocycles. The van der Waals surface area contributed by atoms with Crippen LogP contribution in [-0.4, -0.2) is 32.4 Å². The zero-order valence-corrected chi connectivity index (χ0v) is 13.8. The van der Waals surface area contributed by atoms with E-state index in [2.05, 4.69) is 18.2 Å². The van der Waals surface area contributed by atoms with Gasteiger partial charge in [0.1, 0.15) is 0 Å². The van der Waals surface area contributed by atoms with Crippen LogP contribution < -0.4 is 5.32 Å². The number of nitrogens with one attached hydrogen (secondary N) is 1. The maximum atomic E-state index is 12.6. The van der Waals surface area contributed by atoms with E-state index in [4.69, 9.17) is 6.42 Å². The summed E-state index contributed by atoms with van der Waals surface area (Å²) in [5, 5.41) is 3.25. The number of nitrogens with zero attached hydrogens (tertiary/aromatic N) is 1. The summed E-state index contributed by atoms with van der Waals surface area (Å²) in [4.78, 5) is 0.310. The van der Waals surface area contributed by atoms with Crippen LogP contribution in [-0.2, 0) is 23.0 Å². The van der Waals surface area contributed by atoms with E-state index in [0.29, 0.717) is 18.0 Å². The number of rotatable bonds is 8. The molecular weight excluding hydrogens is 284 g/mol. The Balaban J connectivity index is 3.21. The van der Waals surface area contributed by atoms with E-state index in [1.807, 2.05) is 13.0 Å². The van der Waals surface area contributed by atoms with Gasteiger partial charge in [0.25, 0.3) is 0 Å². The molecule has 4 nitrogen and oxygen atoms in total. The topological polar surface area (TPSA) is 49.4 Å². The molecule has 0 atom stereocenters. The highest BCUT2D eigenvalue weighted by Gasteiger charge is 2.23. The van der Waals surface area contributed by atoms with Gasteiger partial charge in [0.2, 0.25) is 10.0 Å². The quantitative estimate of drug-likeness (QED) is 0.747. The molecule has 0 amide bonds. The normalized spacial score (nSPS) is 11.6. The fourth-order valence-electron chi connectivity index (χ4n) is 2.15. The number of hydrogen-bond donors (Lipinski definition) is 1. The van der Waals surface area contributed by atoms with Gasteiger partial charge in [0.05, 0.1) is 11.4 Å². The summed E-state index contributed by atoms with van der Waals surface area (Å²) in [6.45, 7) is 7.85. The van der Waals surface area contributed by atoms with E-state index < -0.39 is 10.0 Å². The average Bonchev–Trinajstić information content (AvgIpc) is 2.49. The zero-order valence-electron chi connectivity index (χ0n) is 13.0. The molecule has 1 aromatic carbocycles. The van der Waals surface area contributed by atoms with Crippen LogP contribution in [0.15, 0.2) is 23.1 Å². The van der Waals surface area contributed by atoms with Gasteiger partial charge >= 0.3 is 0 Å². The first kappa shape index (κ1) is 17.7. The Morgan fingerprint density at radius 2 is 1.95 bits per heavy atom. The Hall–Kier alpha value is -1.35. The Labute approximate surface area is 128 Å². The Kier molecular flexibility index (Phi) is 6.90. The van der Waals surface area contributed by atoms with Crippen LogP contribution in [0, 0.1) is 12.3 Å². The molecule has 116 valence electrons. The first-order valence-corrected chi connectivity index (χ1v) is 8.71. The van der Waals surface area contributed by atoms with Gasteiger partial charge in [0, 0.05) is 13.1 Å². The molecule has 1 aromatic rings. The van der Waals surface area contributed by atoms with Gasteiger partial charge in [-0.2, -0.15) is 4.31 Å². The molecule has 0 bridgehead atoms. The summed E-state index contributed by atoms with van der Waals surface area (Å²) < 4.78 is 26.5. The molecule has 1 N–H and O–H groups in total. The Morgan fingerprint density at radius 3 is 2.48 bits per heavy atom. The highest BCUT2D eigenvalue weighted by Crippen LogP contribution is 2.20. The summed E-state index contributed by atoms with van der Waals surface area (Å²) in [7, 11) is -3.52. The summed E-state index contributed by atoms with van der Waals surface area (Å²) in [5.74, 6) is 2.40. The van der Waals surface area contributed by atoms with Gasteiger partial charge in [-0.3, -0.25) is 0 Å². The minimum absolute atomic E-state index is 0.0942. The van der Waals surface area contributed by atoms with Gasteiger partial charge in [-0.15, -0.1) is 6.42 Å². The standard InChI is InChI=1S/C16H24N2O2S/c1-5-11-18(8-4)21(19,20)16-10-9-14(6-2)15(12-16)13-17-7-3/h1,9-10,12,17H,6-8,11,13H2,2-4H3. The van der Waals surface area contributed by atoms with Crippen LogP contribution in [0.5, 0.6) is 0 Å². The molecule has 0 heterocycles. The lowest BCUT2D eigenvalue weighted by atomic mass is 10.1. The van der Waals surface area contributed by atoms with Gasteiger partial charge in [-0.05, 0) is 36.2 Å². The third-order valence-electron chi connectivity index (χ3n) is 3.38. The molecule has 0 radical (unpaired) electrons. The second kappa shape index (κ2) is 8.18. The Bertz CT molecular complexity index is 603. The van der Waals surface area contributed by atoms with Crippen molar-refractivity contribution in [2.24, 2.45) is 0 Å². The number of terminal acetylenes is 1. The second-order valence-electron chi connectivity index (χ2n) is 4.70. The van der Waals surface area contributed by atoms with E-state index in [-0.39, 0.29) is 6.54 Å². The van der Waals surface area contributed by atoms with Crippen LogP contribution in [0.2, 0.25) is 0 Å². The van der Waals surface area contributed by atoms with Gasteiger partial charge in [-0.25, -0.2) is 8.42 Å². The summed E-state index contributed by atoms with van der Waals surface area (Å²) in [5.41, 5.74) is 2.19. The van der Waals surface area contributed by atoms with Crippen LogP contribution in [0.25, 0.3) is 0 Å². The first-order valence-electron chi connectivity index (χ1n) is 7.27. The minimum atomic E-state index is -3.52. The van der Waals surface area contributed by atoms with Crippen molar-refractivity contribution in [1.82, 2.24) is 9.62 Å². The van der Waals surface area contributed by atoms with E-state index in [1.54, 1.807) is 19.1 Å². The molecule has 0 aliphatic carbocycles. The third kappa shape index (κ3) is 4.31. The molecule has 0 aliphatic rings. The molecule has 5 heteroatoms. The van der Waals surface area contributed by atoms with Crippen LogP contribution in [0.4, 0.5) is 0 Å². The number of aryl methyl sites for hydroxylation is 1. The highest BCUT2D eigenvalue weighted by molar-refractivity contribution is 7.89. The minimum Gasteiger partial charge on any atom is -0.313 e. The largest absolute Gasteiger partial charge is 0.313 e. The van der Waals surface area contributed by atoms with Gasteiger partial charge in [0.15, 0.2) is 0 Å². The van der Waals surface area contributed by atoms with Crippen molar-refractivity contribution in [2.75, 3.05) is 19.6 Å². The molecule has 0 saturated carbocycles.